The van der Waals surface area contributed by atoms with Crippen LogP contribution in [0.3, 0.4) is 0 Å². The first kappa shape index (κ1) is 20.4. The Labute approximate surface area is 159 Å². The molecule has 0 heterocycles. The molecule has 0 bridgehead atoms. The Morgan fingerprint density at radius 2 is 1.59 bits per heavy atom. The fourth-order valence-electron chi connectivity index (χ4n) is 2.48. The van der Waals surface area contributed by atoms with Crippen molar-refractivity contribution in [2.24, 2.45) is 0 Å². The maximum absolute atomic E-state index is 12.7. The highest BCUT2D eigenvalue weighted by Crippen LogP contribution is 2.24. The van der Waals surface area contributed by atoms with Crippen LogP contribution in [0.1, 0.15) is 17.3 Å². The molecule has 0 saturated carbocycles. The van der Waals surface area contributed by atoms with E-state index in [-0.39, 0.29) is 17.9 Å². The summed E-state index contributed by atoms with van der Waals surface area (Å²) in [6, 6.07) is 15.0. The van der Waals surface area contributed by atoms with E-state index >= 15 is 0 Å². The Morgan fingerprint density at radius 1 is 1.00 bits per heavy atom. The minimum atomic E-state index is -3.82. The van der Waals surface area contributed by atoms with Crippen LogP contribution in [0.4, 0.5) is 11.4 Å². The Hall–Kier alpha value is -2.87. The van der Waals surface area contributed by atoms with Gasteiger partial charge in [0.05, 0.1) is 24.1 Å². The molecule has 0 fully saturated rings. The molecule has 0 aliphatic rings. The highest BCUT2D eigenvalue weighted by Gasteiger charge is 2.27. The second kappa shape index (κ2) is 8.68. The predicted molar refractivity (Wildman–Crippen MR) is 104 cm³/mol. The summed E-state index contributed by atoms with van der Waals surface area (Å²) in [6.45, 7) is 1.37. The SMILES string of the molecule is CCOC(=O)c1ccccc1N(CC(=O)N(C)c1ccccc1)S(C)(=O)=O. The smallest absolute Gasteiger partial charge is 0.340 e. The molecule has 0 aliphatic heterocycles. The number of amides is 1. The van der Waals surface area contributed by atoms with E-state index in [0.29, 0.717) is 5.69 Å². The summed E-state index contributed by atoms with van der Waals surface area (Å²) in [5.41, 5.74) is 0.822. The van der Waals surface area contributed by atoms with Gasteiger partial charge in [0.15, 0.2) is 0 Å². The molecular weight excluding hydrogens is 368 g/mol. The third-order valence-corrected chi connectivity index (χ3v) is 4.99. The molecule has 0 unspecified atom stereocenters. The lowest BCUT2D eigenvalue weighted by atomic mass is 10.2. The Morgan fingerprint density at radius 3 is 2.19 bits per heavy atom. The average Bonchev–Trinajstić information content (AvgIpc) is 2.65. The van der Waals surface area contributed by atoms with Gasteiger partial charge in [0, 0.05) is 12.7 Å². The largest absolute Gasteiger partial charge is 0.462 e. The van der Waals surface area contributed by atoms with Crippen molar-refractivity contribution in [2.45, 2.75) is 6.92 Å². The van der Waals surface area contributed by atoms with Gasteiger partial charge in [-0.25, -0.2) is 13.2 Å². The first-order valence-corrected chi connectivity index (χ1v) is 10.2. The lowest BCUT2D eigenvalue weighted by Gasteiger charge is -2.26. The monoisotopic (exact) mass is 390 g/mol. The zero-order valence-electron chi connectivity index (χ0n) is 15.5. The van der Waals surface area contributed by atoms with Crippen molar-refractivity contribution in [3.8, 4) is 0 Å². The summed E-state index contributed by atoms with van der Waals surface area (Å²) in [4.78, 5) is 26.2. The number of hydrogen-bond acceptors (Lipinski definition) is 5. The summed E-state index contributed by atoms with van der Waals surface area (Å²) in [5.74, 6) is -1.09. The van der Waals surface area contributed by atoms with Gasteiger partial charge >= 0.3 is 5.97 Å². The Bertz CT molecular complexity index is 913. The van der Waals surface area contributed by atoms with Crippen LogP contribution in [0.15, 0.2) is 54.6 Å². The van der Waals surface area contributed by atoms with Gasteiger partial charge in [-0.3, -0.25) is 9.10 Å². The second-order valence-electron chi connectivity index (χ2n) is 5.80. The average molecular weight is 390 g/mol. The molecule has 1 amide bonds. The van der Waals surface area contributed by atoms with E-state index in [4.69, 9.17) is 4.74 Å². The summed E-state index contributed by atoms with van der Waals surface area (Å²) in [6.07, 6.45) is 0.991. The minimum absolute atomic E-state index is 0.0833. The number of rotatable bonds is 7. The number of sulfonamides is 1. The molecule has 0 atom stereocenters. The number of carbonyl (C=O) groups excluding carboxylic acids is 2. The van der Waals surface area contributed by atoms with Gasteiger partial charge in [0.2, 0.25) is 15.9 Å². The van der Waals surface area contributed by atoms with Gasteiger partial charge in [-0.2, -0.15) is 0 Å². The molecule has 2 aromatic rings. The van der Waals surface area contributed by atoms with E-state index in [0.717, 1.165) is 10.6 Å². The lowest BCUT2D eigenvalue weighted by molar-refractivity contribution is -0.116. The minimum Gasteiger partial charge on any atom is -0.462 e. The molecular formula is C19H22N2O5S. The number of hydrogen-bond donors (Lipinski definition) is 0. The number of ether oxygens (including phenoxy) is 1. The fraction of sp³-hybridized carbons (Fsp3) is 0.263. The highest BCUT2D eigenvalue weighted by atomic mass is 32.2. The molecule has 2 rings (SSSR count). The van der Waals surface area contributed by atoms with Crippen molar-refractivity contribution in [2.75, 3.05) is 35.7 Å². The third-order valence-electron chi connectivity index (χ3n) is 3.86. The summed E-state index contributed by atoms with van der Waals surface area (Å²) < 4.78 is 30.6. The van der Waals surface area contributed by atoms with Crippen molar-refractivity contribution in [1.29, 1.82) is 0 Å². The molecule has 0 spiro atoms. The number of carbonyl (C=O) groups is 2. The van der Waals surface area contributed by atoms with Crippen molar-refractivity contribution < 1.29 is 22.7 Å². The van der Waals surface area contributed by atoms with Gasteiger partial charge in [0.25, 0.3) is 0 Å². The molecule has 2 aromatic carbocycles. The van der Waals surface area contributed by atoms with Crippen LogP contribution >= 0.6 is 0 Å². The molecule has 0 N–H and O–H groups in total. The molecule has 0 aliphatic carbocycles. The maximum atomic E-state index is 12.7. The standard InChI is InChI=1S/C19H22N2O5S/c1-4-26-19(23)16-12-8-9-13-17(16)21(27(3,24)25)14-18(22)20(2)15-10-6-5-7-11-15/h5-13H,4,14H2,1-3H3. The molecule has 0 saturated heterocycles. The van der Waals surface area contributed by atoms with Crippen LogP contribution in [0, 0.1) is 0 Å². The molecule has 0 aromatic heterocycles. The van der Waals surface area contributed by atoms with Gasteiger partial charge in [-0.1, -0.05) is 30.3 Å². The molecule has 7 nitrogen and oxygen atoms in total. The Kier molecular flexibility index (Phi) is 6.57. The van der Waals surface area contributed by atoms with Crippen LogP contribution in [0.2, 0.25) is 0 Å². The van der Waals surface area contributed by atoms with Gasteiger partial charge in [-0.05, 0) is 31.2 Å². The van der Waals surface area contributed by atoms with Crippen molar-refractivity contribution in [3.05, 3.63) is 60.2 Å². The van der Waals surface area contributed by atoms with Crippen LogP contribution in [-0.4, -0.2) is 46.7 Å². The summed E-state index contributed by atoms with van der Waals surface area (Å²) >= 11 is 0. The number of nitrogens with zero attached hydrogens (tertiary/aromatic N) is 2. The van der Waals surface area contributed by atoms with Crippen LogP contribution in [-0.2, 0) is 19.6 Å². The van der Waals surface area contributed by atoms with Crippen molar-refractivity contribution >= 4 is 33.3 Å². The van der Waals surface area contributed by atoms with Gasteiger partial charge in [0.1, 0.15) is 6.54 Å². The topological polar surface area (TPSA) is 84.0 Å². The van der Waals surface area contributed by atoms with Crippen LogP contribution in [0.5, 0.6) is 0 Å². The first-order chi connectivity index (χ1) is 12.8. The lowest BCUT2D eigenvalue weighted by Crippen LogP contribution is -2.42. The number of anilines is 2. The summed E-state index contributed by atoms with van der Waals surface area (Å²) in [7, 11) is -2.26. The number of benzene rings is 2. The van der Waals surface area contributed by atoms with Crippen molar-refractivity contribution in [3.63, 3.8) is 0 Å². The normalized spacial score (nSPS) is 10.9. The van der Waals surface area contributed by atoms with E-state index in [1.54, 1.807) is 50.4 Å². The van der Waals surface area contributed by atoms with Crippen LogP contribution in [0.25, 0.3) is 0 Å². The van der Waals surface area contributed by atoms with E-state index in [1.807, 2.05) is 6.07 Å². The number of esters is 1. The van der Waals surface area contributed by atoms with Crippen LogP contribution < -0.4 is 9.21 Å². The van der Waals surface area contributed by atoms with Crippen molar-refractivity contribution in [1.82, 2.24) is 0 Å². The zero-order chi connectivity index (χ0) is 20.0. The quantitative estimate of drug-likeness (QED) is 0.678. The van der Waals surface area contributed by atoms with Gasteiger partial charge < -0.3 is 9.64 Å². The summed E-state index contributed by atoms with van der Waals surface area (Å²) in [5, 5.41) is 0. The molecule has 144 valence electrons. The second-order valence-corrected chi connectivity index (χ2v) is 7.70. The van der Waals surface area contributed by atoms with E-state index in [9.17, 15) is 18.0 Å². The third kappa shape index (κ3) is 5.07. The maximum Gasteiger partial charge on any atom is 0.340 e. The molecule has 8 heteroatoms. The highest BCUT2D eigenvalue weighted by molar-refractivity contribution is 7.92. The fourth-order valence-corrected chi connectivity index (χ4v) is 3.34. The zero-order valence-corrected chi connectivity index (χ0v) is 16.3. The van der Waals surface area contributed by atoms with E-state index in [1.165, 1.54) is 17.0 Å². The Balaban J connectivity index is 2.38. The van der Waals surface area contributed by atoms with Gasteiger partial charge in [-0.15, -0.1) is 0 Å². The van der Waals surface area contributed by atoms with E-state index in [2.05, 4.69) is 0 Å². The molecule has 27 heavy (non-hydrogen) atoms. The van der Waals surface area contributed by atoms with E-state index < -0.39 is 28.4 Å². The number of para-hydroxylation sites is 2. The predicted octanol–water partition coefficient (Wildman–Crippen LogP) is 2.29. The number of likely N-dealkylation sites (N-methyl/N-ethyl adjacent to an activating group) is 1. The first-order valence-electron chi connectivity index (χ1n) is 8.31. The molecule has 0 radical (unpaired) electrons.